The summed E-state index contributed by atoms with van der Waals surface area (Å²) in [6, 6.07) is 11.1. The number of nitrogens with two attached hydrogens (primary N) is 1. The lowest BCUT2D eigenvalue weighted by Gasteiger charge is -1.94. The first-order valence-corrected chi connectivity index (χ1v) is 5.48. The zero-order valence-electron chi connectivity index (χ0n) is 8.84. The molecule has 2 heterocycles. The van der Waals surface area contributed by atoms with Crippen molar-refractivity contribution in [3.05, 3.63) is 47.6 Å². The summed E-state index contributed by atoms with van der Waals surface area (Å²) in [6.07, 6.45) is 1.73. The SMILES string of the molecule is Nc1ccc2nc(-c3cccc(Cl)c3)nn2c1. The molecular weight excluding hydrogens is 236 g/mol. The van der Waals surface area contributed by atoms with Crippen LogP contribution in [0.2, 0.25) is 5.02 Å². The molecule has 2 N–H and O–H groups in total. The third kappa shape index (κ3) is 1.83. The van der Waals surface area contributed by atoms with Gasteiger partial charge < -0.3 is 5.73 Å². The second kappa shape index (κ2) is 3.75. The number of pyridine rings is 1. The monoisotopic (exact) mass is 244 g/mol. The largest absolute Gasteiger partial charge is 0.397 e. The Hall–Kier alpha value is -2.07. The summed E-state index contributed by atoms with van der Waals surface area (Å²) >= 11 is 5.94. The topological polar surface area (TPSA) is 56.2 Å². The minimum Gasteiger partial charge on any atom is -0.397 e. The van der Waals surface area contributed by atoms with Gasteiger partial charge in [0.25, 0.3) is 0 Å². The number of fused-ring (bicyclic) bond motifs is 1. The minimum absolute atomic E-state index is 0.637. The maximum Gasteiger partial charge on any atom is 0.182 e. The van der Waals surface area contributed by atoms with Crippen LogP contribution in [-0.4, -0.2) is 14.6 Å². The summed E-state index contributed by atoms with van der Waals surface area (Å²) in [6.45, 7) is 0. The van der Waals surface area contributed by atoms with E-state index in [1.54, 1.807) is 16.8 Å². The molecule has 0 unspecified atom stereocenters. The van der Waals surface area contributed by atoms with Gasteiger partial charge in [0, 0.05) is 10.6 Å². The van der Waals surface area contributed by atoms with E-state index < -0.39 is 0 Å². The number of hydrogen-bond acceptors (Lipinski definition) is 3. The fourth-order valence-corrected chi connectivity index (χ4v) is 1.84. The van der Waals surface area contributed by atoms with E-state index in [1.807, 2.05) is 30.3 Å². The van der Waals surface area contributed by atoms with Crippen LogP contribution in [0.4, 0.5) is 5.69 Å². The second-order valence-corrected chi connectivity index (χ2v) is 4.15. The molecule has 17 heavy (non-hydrogen) atoms. The van der Waals surface area contributed by atoms with Gasteiger partial charge >= 0.3 is 0 Å². The Morgan fingerprint density at radius 1 is 1.18 bits per heavy atom. The van der Waals surface area contributed by atoms with Crippen LogP contribution < -0.4 is 5.73 Å². The van der Waals surface area contributed by atoms with Crippen LogP contribution in [0, 0.1) is 0 Å². The smallest absolute Gasteiger partial charge is 0.182 e. The number of nitrogens with zero attached hydrogens (tertiary/aromatic N) is 3. The third-order valence-corrected chi connectivity index (χ3v) is 2.67. The van der Waals surface area contributed by atoms with E-state index in [4.69, 9.17) is 17.3 Å². The van der Waals surface area contributed by atoms with E-state index >= 15 is 0 Å². The maximum atomic E-state index is 5.94. The molecule has 3 aromatic rings. The van der Waals surface area contributed by atoms with Gasteiger partial charge in [0.05, 0.1) is 11.9 Å². The summed E-state index contributed by atoms with van der Waals surface area (Å²) in [5.74, 6) is 0.637. The van der Waals surface area contributed by atoms with Crippen LogP contribution in [0.3, 0.4) is 0 Å². The molecule has 0 aliphatic heterocycles. The van der Waals surface area contributed by atoms with Crippen molar-refractivity contribution in [2.24, 2.45) is 0 Å². The highest BCUT2D eigenvalue weighted by Crippen LogP contribution is 2.20. The summed E-state index contributed by atoms with van der Waals surface area (Å²) in [5, 5.41) is 5.02. The standard InChI is InChI=1S/C12H9ClN4/c13-9-3-1-2-8(6-9)12-15-11-5-4-10(14)7-17(11)16-12/h1-7H,14H2. The third-order valence-electron chi connectivity index (χ3n) is 2.44. The van der Waals surface area contributed by atoms with Crippen molar-refractivity contribution in [3.63, 3.8) is 0 Å². The van der Waals surface area contributed by atoms with Crippen LogP contribution in [0.5, 0.6) is 0 Å². The molecule has 0 aliphatic carbocycles. The molecule has 0 fully saturated rings. The Kier molecular flexibility index (Phi) is 2.23. The van der Waals surface area contributed by atoms with E-state index in [9.17, 15) is 0 Å². The number of nitrogen functional groups attached to an aromatic ring is 1. The molecule has 0 atom stereocenters. The molecule has 0 radical (unpaired) electrons. The number of rotatable bonds is 1. The lowest BCUT2D eigenvalue weighted by molar-refractivity contribution is 0.968. The minimum atomic E-state index is 0.637. The van der Waals surface area contributed by atoms with Crippen molar-refractivity contribution in [2.75, 3.05) is 5.73 Å². The van der Waals surface area contributed by atoms with Gasteiger partial charge in [-0.05, 0) is 24.3 Å². The predicted octanol–water partition coefficient (Wildman–Crippen LogP) is 2.63. The number of halogens is 1. The molecule has 0 saturated heterocycles. The Labute approximate surface area is 103 Å². The van der Waals surface area contributed by atoms with Crippen LogP contribution >= 0.6 is 11.6 Å². The molecule has 0 aliphatic rings. The molecule has 1 aromatic carbocycles. The second-order valence-electron chi connectivity index (χ2n) is 3.71. The lowest BCUT2D eigenvalue weighted by Crippen LogP contribution is -1.91. The number of benzene rings is 1. The van der Waals surface area contributed by atoms with Crippen molar-refractivity contribution in [2.45, 2.75) is 0 Å². The first kappa shape index (κ1) is 10.1. The summed E-state index contributed by atoms with van der Waals surface area (Å²) in [5.41, 5.74) is 7.99. The fourth-order valence-electron chi connectivity index (χ4n) is 1.65. The fraction of sp³-hybridized carbons (Fsp3) is 0. The van der Waals surface area contributed by atoms with Crippen molar-refractivity contribution in [1.29, 1.82) is 0 Å². The normalized spacial score (nSPS) is 10.9. The lowest BCUT2D eigenvalue weighted by atomic mass is 10.2. The molecular formula is C12H9ClN4. The van der Waals surface area contributed by atoms with E-state index in [-0.39, 0.29) is 0 Å². The average Bonchev–Trinajstić information content (AvgIpc) is 2.72. The summed E-state index contributed by atoms with van der Waals surface area (Å²) in [7, 11) is 0. The highest BCUT2D eigenvalue weighted by Gasteiger charge is 2.06. The van der Waals surface area contributed by atoms with Gasteiger partial charge in [0.1, 0.15) is 0 Å². The summed E-state index contributed by atoms with van der Waals surface area (Å²) in [4.78, 5) is 4.40. The first-order chi connectivity index (χ1) is 8.22. The quantitative estimate of drug-likeness (QED) is 0.716. The van der Waals surface area contributed by atoms with Gasteiger partial charge in [0.15, 0.2) is 11.5 Å². The molecule has 0 saturated carbocycles. The van der Waals surface area contributed by atoms with Crippen molar-refractivity contribution in [1.82, 2.24) is 14.6 Å². The molecule has 5 heteroatoms. The van der Waals surface area contributed by atoms with Crippen molar-refractivity contribution < 1.29 is 0 Å². The van der Waals surface area contributed by atoms with Gasteiger partial charge in [0.2, 0.25) is 0 Å². The highest BCUT2D eigenvalue weighted by atomic mass is 35.5. The molecule has 0 amide bonds. The zero-order valence-corrected chi connectivity index (χ0v) is 9.59. The van der Waals surface area contributed by atoms with Crippen LogP contribution in [-0.2, 0) is 0 Å². The van der Waals surface area contributed by atoms with Gasteiger partial charge in [-0.1, -0.05) is 23.7 Å². The van der Waals surface area contributed by atoms with Gasteiger partial charge in [-0.2, -0.15) is 0 Å². The Balaban J connectivity index is 2.18. The van der Waals surface area contributed by atoms with Crippen molar-refractivity contribution >= 4 is 22.9 Å². The van der Waals surface area contributed by atoms with Crippen LogP contribution in [0.15, 0.2) is 42.6 Å². The van der Waals surface area contributed by atoms with E-state index in [0.717, 1.165) is 11.2 Å². The first-order valence-electron chi connectivity index (χ1n) is 5.10. The van der Waals surface area contributed by atoms with E-state index in [2.05, 4.69) is 10.1 Å². The van der Waals surface area contributed by atoms with Crippen LogP contribution in [0.1, 0.15) is 0 Å². The molecule has 2 aromatic heterocycles. The van der Waals surface area contributed by atoms with Gasteiger partial charge in [-0.25, -0.2) is 9.50 Å². The Morgan fingerprint density at radius 2 is 2.06 bits per heavy atom. The molecule has 0 bridgehead atoms. The molecule has 3 rings (SSSR count). The molecule has 4 nitrogen and oxygen atoms in total. The Morgan fingerprint density at radius 3 is 2.88 bits per heavy atom. The van der Waals surface area contributed by atoms with E-state index in [0.29, 0.717) is 16.5 Å². The van der Waals surface area contributed by atoms with E-state index in [1.165, 1.54) is 0 Å². The highest BCUT2D eigenvalue weighted by molar-refractivity contribution is 6.30. The zero-order chi connectivity index (χ0) is 11.8. The predicted molar refractivity (Wildman–Crippen MR) is 67.8 cm³/mol. The number of aromatic nitrogens is 3. The molecule has 84 valence electrons. The van der Waals surface area contributed by atoms with Crippen LogP contribution in [0.25, 0.3) is 17.0 Å². The summed E-state index contributed by atoms with van der Waals surface area (Å²) < 4.78 is 1.66. The van der Waals surface area contributed by atoms with Gasteiger partial charge in [-0.3, -0.25) is 0 Å². The number of anilines is 1. The Bertz CT molecular complexity index is 690. The van der Waals surface area contributed by atoms with Gasteiger partial charge in [-0.15, -0.1) is 5.10 Å². The number of hydrogen-bond donors (Lipinski definition) is 1. The average molecular weight is 245 g/mol. The van der Waals surface area contributed by atoms with Crippen molar-refractivity contribution in [3.8, 4) is 11.4 Å². The maximum absolute atomic E-state index is 5.94. The molecule has 0 spiro atoms.